The van der Waals surface area contributed by atoms with E-state index < -0.39 is 23.8 Å². The smallest absolute Gasteiger partial charge is 0.408 e. The number of amides is 1. The van der Waals surface area contributed by atoms with Crippen molar-refractivity contribution in [2.24, 2.45) is 0 Å². The highest BCUT2D eigenvalue weighted by atomic mass is 16.6. The standard InChI is InChI=1S/C16H25NO4/c1-16(2,3)21-15(20)17-14(13(19)10-7-11-18)12-8-5-4-6-9-12/h4-6,8-9,13-14,18-19H,7,10-11H2,1-3H3,(H,17,20)/t13-,14-/m0/s1. The molecule has 0 spiro atoms. The van der Waals surface area contributed by atoms with Crippen molar-refractivity contribution in [3.63, 3.8) is 0 Å². The molecule has 0 unspecified atom stereocenters. The van der Waals surface area contributed by atoms with Crippen LogP contribution in [-0.4, -0.2) is 34.6 Å². The molecule has 0 saturated carbocycles. The number of hydrogen-bond acceptors (Lipinski definition) is 4. The van der Waals surface area contributed by atoms with Crippen LogP contribution in [0.1, 0.15) is 45.2 Å². The van der Waals surface area contributed by atoms with Crippen molar-refractivity contribution >= 4 is 6.09 Å². The Kier molecular flexibility index (Phi) is 6.65. The molecular formula is C16H25NO4. The first-order valence-electron chi connectivity index (χ1n) is 7.17. The lowest BCUT2D eigenvalue weighted by Gasteiger charge is -2.27. The quantitative estimate of drug-likeness (QED) is 0.753. The number of carbonyl (C=O) groups is 1. The molecule has 0 aliphatic heterocycles. The van der Waals surface area contributed by atoms with Gasteiger partial charge in [0.25, 0.3) is 0 Å². The highest BCUT2D eigenvalue weighted by molar-refractivity contribution is 5.68. The molecule has 1 rings (SSSR count). The predicted octanol–water partition coefficient (Wildman–Crippen LogP) is 2.39. The Balaban J connectivity index is 2.80. The second kappa shape index (κ2) is 8.00. The molecule has 0 heterocycles. The highest BCUT2D eigenvalue weighted by Crippen LogP contribution is 2.21. The van der Waals surface area contributed by atoms with Crippen molar-refractivity contribution in [2.45, 2.75) is 51.4 Å². The molecule has 0 bridgehead atoms. The summed E-state index contributed by atoms with van der Waals surface area (Å²) in [6.45, 7) is 5.36. The van der Waals surface area contributed by atoms with Gasteiger partial charge in [0, 0.05) is 6.61 Å². The van der Waals surface area contributed by atoms with Crippen LogP contribution in [0.3, 0.4) is 0 Å². The van der Waals surface area contributed by atoms with E-state index in [1.54, 1.807) is 20.8 Å². The summed E-state index contributed by atoms with van der Waals surface area (Å²) in [7, 11) is 0. The molecule has 3 N–H and O–H groups in total. The summed E-state index contributed by atoms with van der Waals surface area (Å²) in [5.74, 6) is 0. The van der Waals surface area contributed by atoms with Gasteiger partial charge < -0.3 is 20.3 Å². The minimum absolute atomic E-state index is 0.00497. The molecule has 0 aliphatic carbocycles. The molecule has 1 aromatic carbocycles. The van der Waals surface area contributed by atoms with Gasteiger partial charge in [0.15, 0.2) is 0 Å². The van der Waals surface area contributed by atoms with E-state index in [2.05, 4.69) is 5.32 Å². The molecule has 1 amide bonds. The van der Waals surface area contributed by atoms with Gasteiger partial charge in [0.1, 0.15) is 5.60 Å². The number of alkyl carbamates (subject to hydrolysis) is 1. The molecule has 0 radical (unpaired) electrons. The van der Waals surface area contributed by atoms with Crippen LogP contribution < -0.4 is 5.32 Å². The van der Waals surface area contributed by atoms with Crippen molar-refractivity contribution in [2.75, 3.05) is 6.61 Å². The zero-order chi connectivity index (χ0) is 15.9. The maximum atomic E-state index is 11.9. The average Bonchev–Trinajstić information content (AvgIpc) is 2.41. The topological polar surface area (TPSA) is 78.8 Å². The third kappa shape index (κ3) is 6.60. The first kappa shape index (κ1) is 17.5. The number of ether oxygens (including phenoxy) is 1. The number of rotatable bonds is 6. The van der Waals surface area contributed by atoms with Crippen LogP contribution in [0.5, 0.6) is 0 Å². The van der Waals surface area contributed by atoms with Crippen LogP contribution in [0.2, 0.25) is 0 Å². The number of carbonyl (C=O) groups excluding carboxylic acids is 1. The van der Waals surface area contributed by atoms with Gasteiger partial charge in [0.2, 0.25) is 0 Å². The maximum Gasteiger partial charge on any atom is 0.408 e. The molecule has 5 heteroatoms. The lowest BCUT2D eigenvalue weighted by molar-refractivity contribution is 0.0404. The molecule has 118 valence electrons. The number of aliphatic hydroxyl groups excluding tert-OH is 2. The highest BCUT2D eigenvalue weighted by Gasteiger charge is 2.25. The van der Waals surface area contributed by atoms with E-state index in [9.17, 15) is 9.90 Å². The van der Waals surface area contributed by atoms with Crippen molar-refractivity contribution in [3.05, 3.63) is 35.9 Å². The second-order valence-electron chi connectivity index (χ2n) is 5.97. The van der Waals surface area contributed by atoms with E-state index in [1.165, 1.54) is 0 Å². The van der Waals surface area contributed by atoms with E-state index in [-0.39, 0.29) is 6.61 Å². The van der Waals surface area contributed by atoms with E-state index in [0.717, 1.165) is 5.56 Å². The molecule has 0 aliphatic rings. The van der Waals surface area contributed by atoms with E-state index in [4.69, 9.17) is 9.84 Å². The van der Waals surface area contributed by atoms with Gasteiger partial charge in [-0.1, -0.05) is 30.3 Å². The monoisotopic (exact) mass is 295 g/mol. The lowest BCUT2D eigenvalue weighted by atomic mass is 9.98. The molecule has 21 heavy (non-hydrogen) atoms. The molecular weight excluding hydrogens is 270 g/mol. The third-order valence-corrected chi connectivity index (χ3v) is 2.87. The Morgan fingerprint density at radius 3 is 2.43 bits per heavy atom. The van der Waals surface area contributed by atoms with Crippen molar-refractivity contribution in [3.8, 4) is 0 Å². The zero-order valence-electron chi connectivity index (χ0n) is 12.9. The lowest BCUT2D eigenvalue weighted by Crippen LogP contribution is -2.39. The first-order valence-corrected chi connectivity index (χ1v) is 7.17. The first-order chi connectivity index (χ1) is 9.83. The van der Waals surface area contributed by atoms with Crippen LogP contribution >= 0.6 is 0 Å². The Morgan fingerprint density at radius 1 is 1.29 bits per heavy atom. The molecule has 0 aromatic heterocycles. The summed E-state index contributed by atoms with van der Waals surface area (Å²) in [6.07, 6.45) is -0.488. The molecule has 1 aromatic rings. The number of nitrogens with one attached hydrogen (secondary N) is 1. The van der Waals surface area contributed by atoms with Crippen LogP contribution in [0.25, 0.3) is 0 Å². The predicted molar refractivity (Wildman–Crippen MR) is 80.9 cm³/mol. The summed E-state index contributed by atoms with van der Waals surface area (Å²) in [5.41, 5.74) is 0.204. The fraction of sp³-hybridized carbons (Fsp3) is 0.562. The summed E-state index contributed by atoms with van der Waals surface area (Å²) in [4.78, 5) is 11.9. The van der Waals surface area contributed by atoms with Crippen molar-refractivity contribution < 1.29 is 19.7 Å². The van der Waals surface area contributed by atoms with E-state index in [1.807, 2.05) is 30.3 Å². The minimum atomic E-state index is -0.785. The summed E-state index contributed by atoms with van der Waals surface area (Å²) in [6, 6.07) is 8.67. The number of benzene rings is 1. The fourth-order valence-electron chi connectivity index (χ4n) is 1.96. The van der Waals surface area contributed by atoms with Gasteiger partial charge in [-0.05, 0) is 39.2 Å². The average molecular weight is 295 g/mol. The van der Waals surface area contributed by atoms with Crippen LogP contribution in [0.4, 0.5) is 4.79 Å². The normalized spacial score (nSPS) is 14.3. The maximum absolute atomic E-state index is 11.9. The molecule has 5 nitrogen and oxygen atoms in total. The van der Waals surface area contributed by atoms with Gasteiger partial charge in [-0.25, -0.2) is 4.79 Å². The zero-order valence-corrected chi connectivity index (χ0v) is 12.9. The van der Waals surface area contributed by atoms with Gasteiger partial charge in [0.05, 0.1) is 12.1 Å². The Labute approximate surface area is 125 Å². The molecule has 0 saturated heterocycles. The third-order valence-electron chi connectivity index (χ3n) is 2.87. The van der Waals surface area contributed by atoms with Crippen LogP contribution in [-0.2, 0) is 4.74 Å². The fourth-order valence-corrected chi connectivity index (χ4v) is 1.96. The van der Waals surface area contributed by atoms with E-state index in [0.29, 0.717) is 12.8 Å². The van der Waals surface area contributed by atoms with Gasteiger partial charge in [-0.15, -0.1) is 0 Å². The number of hydrogen-bond donors (Lipinski definition) is 3. The summed E-state index contributed by atoms with van der Waals surface area (Å²) < 4.78 is 5.23. The summed E-state index contributed by atoms with van der Waals surface area (Å²) >= 11 is 0. The Morgan fingerprint density at radius 2 is 1.90 bits per heavy atom. The second-order valence-corrected chi connectivity index (χ2v) is 5.97. The number of aliphatic hydroxyl groups is 2. The Bertz CT molecular complexity index is 428. The van der Waals surface area contributed by atoms with Gasteiger partial charge in [-0.3, -0.25) is 0 Å². The van der Waals surface area contributed by atoms with Gasteiger partial charge in [-0.2, -0.15) is 0 Å². The van der Waals surface area contributed by atoms with Crippen molar-refractivity contribution in [1.29, 1.82) is 0 Å². The minimum Gasteiger partial charge on any atom is -0.444 e. The largest absolute Gasteiger partial charge is 0.444 e. The van der Waals surface area contributed by atoms with Crippen LogP contribution in [0.15, 0.2) is 30.3 Å². The van der Waals surface area contributed by atoms with Crippen LogP contribution in [0, 0.1) is 0 Å². The SMILES string of the molecule is CC(C)(C)OC(=O)N[C@@H](c1ccccc1)[C@@H](O)CCCO. The van der Waals surface area contributed by atoms with Gasteiger partial charge >= 0.3 is 6.09 Å². The summed E-state index contributed by atoms with van der Waals surface area (Å²) in [5, 5.41) is 21.8. The Hall–Kier alpha value is -1.59. The van der Waals surface area contributed by atoms with E-state index >= 15 is 0 Å². The molecule has 0 fully saturated rings. The molecule has 2 atom stereocenters. The van der Waals surface area contributed by atoms with Crippen molar-refractivity contribution in [1.82, 2.24) is 5.32 Å².